The fourth-order valence-corrected chi connectivity index (χ4v) is 2.80. The average Bonchev–Trinajstić information content (AvgIpc) is 2.62. The van der Waals surface area contributed by atoms with E-state index in [0.29, 0.717) is 0 Å². The maximum atomic E-state index is 13.5. The zero-order valence-corrected chi connectivity index (χ0v) is 10.5. The van der Waals surface area contributed by atoms with Crippen molar-refractivity contribution < 1.29 is 13.9 Å². The van der Waals surface area contributed by atoms with Crippen LogP contribution >= 0.6 is 0 Å². The highest BCUT2D eigenvalue weighted by molar-refractivity contribution is 5.20. The van der Waals surface area contributed by atoms with Crippen molar-refractivity contribution in [2.45, 2.75) is 51.0 Å². The van der Waals surface area contributed by atoms with E-state index in [-0.39, 0.29) is 17.9 Å². The van der Waals surface area contributed by atoms with E-state index in [9.17, 15) is 13.9 Å². The molecule has 1 fully saturated rings. The third-order valence-electron chi connectivity index (χ3n) is 3.92. The van der Waals surface area contributed by atoms with Gasteiger partial charge in [0.25, 0.3) is 0 Å². The first-order valence-corrected chi connectivity index (χ1v) is 6.79. The minimum Gasteiger partial charge on any atom is -0.392 e. The van der Waals surface area contributed by atoms with Gasteiger partial charge in [0.2, 0.25) is 0 Å². The van der Waals surface area contributed by atoms with E-state index < -0.39 is 17.7 Å². The molecular weight excluding hydrogens is 234 g/mol. The van der Waals surface area contributed by atoms with Crippen LogP contribution in [0, 0.1) is 17.6 Å². The van der Waals surface area contributed by atoms with Crippen molar-refractivity contribution in [3.63, 3.8) is 0 Å². The second-order valence-electron chi connectivity index (χ2n) is 5.22. The lowest BCUT2D eigenvalue weighted by Gasteiger charge is -2.21. The lowest BCUT2D eigenvalue weighted by Crippen LogP contribution is -2.23. The Bertz CT molecular complexity index is 364. The van der Waals surface area contributed by atoms with Crippen LogP contribution in [0.4, 0.5) is 8.78 Å². The molecule has 1 aliphatic carbocycles. The number of hydrogen-bond acceptors (Lipinski definition) is 1. The first-order chi connectivity index (χ1) is 8.68. The third kappa shape index (κ3) is 3.29. The van der Waals surface area contributed by atoms with Crippen molar-refractivity contribution in [3.8, 4) is 0 Å². The van der Waals surface area contributed by atoms with Gasteiger partial charge in [-0.25, -0.2) is 8.78 Å². The number of aliphatic hydroxyl groups excluding tert-OH is 1. The molecule has 100 valence electrons. The summed E-state index contributed by atoms with van der Waals surface area (Å²) in [5, 5.41) is 10.2. The molecule has 0 radical (unpaired) electrons. The van der Waals surface area contributed by atoms with Gasteiger partial charge in [0.1, 0.15) is 11.6 Å². The molecule has 0 aromatic heterocycles. The minimum absolute atomic E-state index is 0.0225. The molecule has 1 atom stereocenters. The molecule has 0 amide bonds. The minimum atomic E-state index is -0.630. The van der Waals surface area contributed by atoms with Crippen LogP contribution in [0.3, 0.4) is 0 Å². The molecule has 0 heterocycles. The molecule has 1 aromatic carbocycles. The van der Waals surface area contributed by atoms with Crippen LogP contribution in [0.2, 0.25) is 0 Å². The van der Waals surface area contributed by atoms with Crippen molar-refractivity contribution in [2.24, 2.45) is 5.92 Å². The number of halogens is 2. The highest BCUT2D eigenvalue weighted by Gasteiger charge is 2.23. The van der Waals surface area contributed by atoms with Crippen LogP contribution in [0.1, 0.15) is 44.1 Å². The molecule has 0 bridgehead atoms. The lowest BCUT2D eigenvalue weighted by atomic mass is 9.90. The van der Waals surface area contributed by atoms with E-state index >= 15 is 0 Å². The van der Waals surface area contributed by atoms with Gasteiger partial charge in [-0.05, 0) is 30.9 Å². The molecule has 18 heavy (non-hydrogen) atoms. The average molecular weight is 254 g/mol. The SMILES string of the molecule is OC(Cc1c(F)cccc1F)C1CCCCCC1. The van der Waals surface area contributed by atoms with Crippen LogP contribution in [-0.4, -0.2) is 11.2 Å². The van der Waals surface area contributed by atoms with E-state index in [0.717, 1.165) is 25.7 Å². The summed E-state index contributed by atoms with van der Waals surface area (Å²) in [5.74, 6) is -0.920. The predicted octanol–water partition coefficient (Wildman–Crippen LogP) is 3.84. The summed E-state index contributed by atoms with van der Waals surface area (Å²) in [5.41, 5.74) is 0.0225. The standard InChI is InChI=1S/C15H20F2O/c16-13-8-5-9-14(17)12(13)10-15(18)11-6-3-1-2-4-7-11/h5,8-9,11,15,18H,1-4,6-7,10H2. The zero-order valence-electron chi connectivity index (χ0n) is 10.5. The van der Waals surface area contributed by atoms with E-state index in [1.54, 1.807) is 0 Å². The summed E-state index contributed by atoms with van der Waals surface area (Å²) in [6, 6.07) is 3.85. The van der Waals surface area contributed by atoms with Gasteiger partial charge in [-0.15, -0.1) is 0 Å². The molecule has 0 spiro atoms. The van der Waals surface area contributed by atoms with Gasteiger partial charge in [0.15, 0.2) is 0 Å². The summed E-state index contributed by atoms with van der Waals surface area (Å²) in [6.45, 7) is 0. The highest BCUT2D eigenvalue weighted by atomic mass is 19.1. The summed E-state index contributed by atoms with van der Waals surface area (Å²) >= 11 is 0. The van der Waals surface area contributed by atoms with Gasteiger partial charge >= 0.3 is 0 Å². The predicted molar refractivity (Wildman–Crippen MR) is 67.3 cm³/mol. The van der Waals surface area contributed by atoms with Gasteiger partial charge in [0, 0.05) is 12.0 Å². The van der Waals surface area contributed by atoms with Crippen molar-refractivity contribution >= 4 is 0 Å². The summed E-state index contributed by atoms with van der Waals surface area (Å²) in [4.78, 5) is 0. The molecular formula is C15H20F2O. The van der Waals surface area contributed by atoms with Crippen molar-refractivity contribution in [1.29, 1.82) is 0 Å². The van der Waals surface area contributed by atoms with Crippen LogP contribution in [0.15, 0.2) is 18.2 Å². The van der Waals surface area contributed by atoms with Crippen molar-refractivity contribution in [3.05, 3.63) is 35.4 Å². The number of hydrogen-bond donors (Lipinski definition) is 1. The normalized spacial score (nSPS) is 19.5. The largest absolute Gasteiger partial charge is 0.392 e. The van der Waals surface area contributed by atoms with Crippen LogP contribution in [0.5, 0.6) is 0 Å². The Labute approximate surface area is 107 Å². The quantitative estimate of drug-likeness (QED) is 0.813. The Hall–Kier alpha value is -0.960. The monoisotopic (exact) mass is 254 g/mol. The Morgan fingerprint density at radius 2 is 1.61 bits per heavy atom. The lowest BCUT2D eigenvalue weighted by molar-refractivity contribution is 0.0968. The van der Waals surface area contributed by atoms with Gasteiger partial charge in [-0.1, -0.05) is 31.7 Å². The maximum Gasteiger partial charge on any atom is 0.129 e. The Morgan fingerprint density at radius 3 is 2.17 bits per heavy atom. The molecule has 1 N–H and O–H groups in total. The molecule has 1 saturated carbocycles. The number of benzene rings is 1. The van der Waals surface area contributed by atoms with Crippen LogP contribution < -0.4 is 0 Å². The molecule has 1 nitrogen and oxygen atoms in total. The van der Waals surface area contributed by atoms with Gasteiger partial charge < -0.3 is 5.11 Å². The fourth-order valence-electron chi connectivity index (χ4n) is 2.80. The van der Waals surface area contributed by atoms with Gasteiger partial charge in [0.05, 0.1) is 6.10 Å². The Balaban J connectivity index is 2.03. The van der Waals surface area contributed by atoms with E-state index in [1.807, 2.05) is 0 Å². The third-order valence-corrected chi connectivity index (χ3v) is 3.92. The zero-order chi connectivity index (χ0) is 13.0. The first-order valence-electron chi connectivity index (χ1n) is 6.79. The van der Waals surface area contributed by atoms with Gasteiger partial charge in [-0.3, -0.25) is 0 Å². The molecule has 2 rings (SSSR count). The molecule has 1 unspecified atom stereocenters. The Morgan fingerprint density at radius 1 is 1.06 bits per heavy atom. The molecule has 1 aromatic rings. The van der Waals surface area contributed by atoms with Crippen molar-refractivity contribution in [1.82, 2.24) is 0 Å². The molecule has 3 heteroatoms. The first kappa shape index (κ1) is 13.5. The second-order valence-corrected chi connectivity index (χ2v) is 5.22. The molecule has 0 aliphatic heterocycles. The highest BCUT2D eigenvalue weighted by Crippen LogP contribution is 2.28. The topological polar surface area (TPSA) is 20.2 Å². The smallest absolute Gasteiger partial charge is 0.129 e. The van der Waals surface area contributed by atoms with E-state index in [1.165, 1.54) is 31.0 Å². The van der Waals surface area contributed by atoms with Crippen molar-refractivity contribution in [2.75, 3.05) is 0 Å². The van der Waals surface area contributed by atoms with Crippen LogP contribution in [0.25, 0.3) is 0 Å². The molecule has 1 aliphatic rings. The van der Waals surface area contributed by atoms with Crippen LogP contribution in [-0.2, 0) is 6.42 Å². The summed E-state index contributed by atoms with van der Waals surface area (Å²) < 4.78 is 27.0. The summed E-state index contributed by atoms with van der Waals surface area (Å²) in [6.07, 6.45) is 6.03. The number of aliphatic hydroxyl groups is 1. The summed E-state index contributed by atoms with van der Waals surface area (Å²) in [7, 11) is 0. The number of rotatable bonds is 3. The molecule has 0 saturated heterocycles. The Kier molecular flexibility index (Phi) is 4.70. The maximum absolute atomic E-state index is 13.5. The van der Waals surface area contributed by atoms with E-state index in [4.69, 9.17) is 0 Å². The van der Waals surface area contributed by atoms with E-state index in [2.05, 4.69) is 0 Å². The van der Waals surface area contributed by atoms with Gasteiger partial charge in [-0.2, -0.15) is 0 Å². The second kappa shape index (κ2) is 6.28. The fraction of sp³-hybridized carbons (Fsp3) is 0.600.